The maximum absolute atomic E-state index is 13.7. The largest absolute Gasteiger partial charge is 0.481 e. The van der Waals surface area contributed by atoms with Gasteiger partial charge in [0.25, 0.3) is 0 Å². The van der Waals surface area contributed by atoms with Gasteiger partial charge in [0.1, 0.15) is 0 Å². The highest BCUT2D eigenvalue weighted by molar-refractivity contribution is 7.98. The number of nitrogens with zero attached hydrogens (tertiary/aromatic N) is 5. The first-order chi connectivity index (χ1) is 63.6. The Kier molecular flexibility index (Phi) is 40.8. The number of thiazole rings is 1. The summed E-state index contributed by atoms with van der Waals surface area (Å²) in [6.07, 6.45) is -8.43. The number of hydrogen-bond acceptors (Lipinski definition) is 12. The standard InChI is InChI=1S/C29H32F3NO2.C27H28F3NO2S.C26H27F3N2O2.C24H25F3N2O2S/c1-22-15-26(18-27(16-22)29(30,31)32)21-33(14-7-3-6-11-23-9-4-2-5-10-23)20-25-13-8-12-24(17-25)19-28(34)35;1-19-3-5-22(6-4-19)18-34-12-11-31(16-21-7-9-24(10-8-21)26(32)33)17-23-13-20(2)14-25(15-23)27(28,29)30;1-18-3-5-19(6-4-18)15-30-11-2-12-31(16-20-7-9-22(10-8-20)26(32)33)17-21-13-23(27)25(29)24(28)14-21;1-15-8-19(10-21(9-15)24(25,26)27)12-29(13-22-14-32-17(3)28-22)11-18-4-6-20(7-5-18)16(2)23(30)31/h2,4-5,8-10,12-13,15-18H,3,6-7,11,14,19-21H2,1H3,(H,34,35);3-10,13-15H,11-12,16-18H2,1-2H3,(H,32,33);3-10,13-14,30H,2,11-12,15-17H2,1H3,(H,32,33);4-10,14,16H,11-13H2,1-3H3,(H,30,31). The summed E-state index contributed by atoms with van der Waals surface area (Å²) in [5, 5.41) is 42.8. The van der Waals surface area contributed by atoms with Gasteiger partial charge in [0.05, 0.1) is 50.9 Å². The van der Waals surface area contributed by atoms with Crippen molar-refractivity contribution < 1.29 is 92.3 Å². The Hall–Kier alpha value is -11.8. The zero-order valence-corrected chi connectivity index (χ0v) is 77.4. The lowest BCUT2D eigenvalue weighted by Crippen LogP contribution is -2.27. The highest BCUT2D eigenvalue weighted by Gasteiger charge is 2.34. The zero-order chi connectivity index (χ0) is 97.2. The third kappa shape index (κ3) is 37.2. The lowest BCUT2D eigenvalue weighted by Gasteiger charge is -2.24. The number of aliphatic carboxylic acids is 2. The number of hydrogen-bond donors (Lipinski definition) is 5. The lowest BCUT2D eigenvalue weighted by molar-refractivity contribution is -0.139. The monoisotopic (exact) mass is 1890 g/mol. The van der Waals surface area contributed by atoms with Gasteiger partial charge in [0.15, 0.2) is 17.5 Å². The maximum Gasteiger partial charge on any atom is 0.416 e. The molecule has 0 saturated carbocycles. The van der Waals surface area contributed by atoms with Gasteiger partial charge in [-0.05, 0) is 232 Å². The van der Waals surface area contributed by atoms with Gasteiger partial charge in [-0.3, -0.25) is 29.2 Å². The van der Waals surface area contributed by atoms with Crippen molar-refractivity contribution >= 4 is 47.0 Å². The summed E-state index contributed by atoms with van der Waals surface area (Å²) in [6.45, 7) is 20.0. The van der Waals surface area contributed by atoms with E-state index in [4.69, 9.17) is 15.3 Å². The molecule has 28 heteroatoms. The van der Waals surface area contributed by atoms with Crippen LogP contribution in [0.3, 0.4) is 0 Å². The number of benzene rings is 11. The average molecular weight is 1890 g/mol. The van der Waals surface area contributed by atoms with Crippen molar-refractivity contribution in [3.63, 3.8) is 0 Å². The molecule has 1 heterocycles. The highest BCUT2D eigenvalue weighted by atomic mass is 32.2. The Bertz CT molecular complexity index is 5730. The van der Waals surface area contributed by atoms with Crippen molar-refractivity contribution in [2.24, 2.45) is 0 Å². The smallest absolute Gasteiger partial charge is 0.416 e. The minimum absolute atomic E-state index is 0.0554. The molecule has 1 aromatic heterocycles. The molecular weight excluding hydrogens is 1780 g/mol. The summed E-state index contributed by atoms with van der Waals surface area (Å²) in [4.78, 5) is 57.3. The van der Waals surface area contributed by atoms with Crippen molar-refractivity contribution in [2.45, 2.75) is 183 Å². The predicted octanol–water partition coefficient (Wildman–Crippen LogP) is 25.5. The minimum Gasteiger partial charge on any atom is -0.481 e. The van der Waals surface area contributed by atoms with Crippen LogP contribution < -0.4 is 5.32 Å². The van der Waals surface area contributed by atoms with E-state index in [0.717, 1.165) is 120 Å². The molecular formula is C106H112F12N6O8S2. The van der Waals surface area contributed by atoms with Crippen LogP contribution in [0, 0.1) is 59.0 Å². The first kappa shape index (κ1) is 106. The van der Waals surface area contributed by atoms with E-state index < -0.39 is 82.5 Å². The third-order valence-electron chi connectivity index (χ3n) is 21.8. The number of carbonyl (C=O) groups is 4. The van der Waals surface area contributed by atoms with E-state index in [1.54, 1.807) is 112 Å². The van der Waals surface area contributed by atoms with Crippen molar-refractivity contribution in [3.05, 3.63) is 404 Å². The molecule has 0 fully saturated rings. The first-order valence-corrected chi connectivity index (χ1v) is 45.8. The number of nitrogens with one attached hydrogen (secondary N) is 1. The molecule has 1 unspecified atom stereocenters. The van der Waals surface area contributed by atoms with E-state index in [1.165, 1.54) is 75.6 Å². The quantitative estimate of drug-likeness (QED) is 0.0138. The summed E-state index contributed by atoms with van der Waals surface area (Å²) in [6, 6.07) is 69.3. The van der Waals surface area contributed by atoms with E-state index in [-0.39, 0.29) is 24.1 Å². The number of aromatic carboxylic acids is 2. The van der Waals surface area contributed by atoms with Crippen LogP contribution in [0.15, 0.2) is 248 Å². The number of aromatic nitrogens is 1. The molecule has 0 spiro atoms. The Labute approximate surface area is 783 Å². The molecule has 710 valence electrons. The third-order valence-corrected chi connectivity index (χ3v) is 23.7. The Morgan fingerprint density at radius 2 is 0.806 bits per heavy atom. The van der Waals surface area contributed by atoms with E-state index in [1.807, 2.05) is 84.5 Å². The number of carboxylic acids is 4. The molecule has 0 saturated heterocycles. The molecule has 12 rings (SSSR count). The molecule has 1 atom stereocenters. The highest BCUT2D eigenvalue weighted by Crippen LogP contribution is 2.35. The molecule has 0 bridgehead atoms. The second-order valence-corrected chi connectivity index (χ2v) is 35.8. The predicted molar refractivity (Wildman–Crippen MR) is 503 cm³/mol. The van der Waals surface area contributed by atoms with Crippen LogP contribution in [0.25, 0.3) is 0 Å². The van der Waals surface area contributed by atoms with Gasteiger partial charge in [0.2, 0.25) is 0 Å². The maximum atomic E-state index is 13.7. The second kappa shape index (κ2) is 51.6. The normalized spacial score (nSPS) is 11.8. The molecule has 0 aliphatic heterocycles. The molecule has 0 amide bonds. The fraction of sp³-hybridized carbons (Fsp3) is 0.311. The summed E-state index contributed by atoms with van der Waals surface area (Å²) >= 11 is 3.31. The van der Waals surface area contributed by atoms with Crippen LogP contribution in [0.5, 0.6) is 0 Å². The van der Waals surface area contributed by atoms with Gasteiger partial charge < -0.3 is 25.7 Å². The molecule has 134 heavy (non-hydrogen) atoms. The van der Waals surface area contributed by atoms with Crippen LogP contribution >= 0.6 is 23.1 Å². The molecule has 12 aromatic rings. The number of unbranched alkanes of at least 4 members (excludes halogenated alkanes) is 2. The van der Waals surface area contributed by atoms with Crippen molar-refractivity contribution in [2.75, 3.05) is 31.9 Å². The number of carboxylic acid groups (broad SMARTS) is 4. The summed E-state index contributed by atoms with van der Waals surface area (Å²) in [5.74, 6) is -6.60. The number of alkyl halides is 9. The molecule has 5 N–H and O–H groups in total. The fourth-order valence-corrected chi connectivity index (χ4v) is 16.7. The molecule has 0 radical (unpaired) electrons. The van der Waals surface area contributed by atoms with Gasteiger partial charge in [0, 0.05) is 95.4 Å². The van der Waals surface area contributed by atoms with Gasteiger partial charge >= 0.3 is 42.4 Å². The zero-order valence-electron chi connectivity index (χ0n) is 75.8. The number of rotatable bonds is 41. The van der Waals surface area contributed by atoms with Crippen LogP contribution in [0.4, 0.5) is 52.7 Å². The SMILES string of the molecule is Cc1cc(CN(CCCCCc2ccccc2)Cc2cccc(CC(=O)O)c2)cc(C(F)(F)F)c1.Cc1cc(CN(Cc2ccc(C(C)C(=O)O)cc2)Cc2csc(C)n2)cc(C(F)(F)F)c1.Cc1ccc(CNCCCN(Cc2ccc(C(=O)O)cc2)Cc2cc(F)c(F)c(F)c2)cc1.Cc1ccc(CSCCN(Cc2ccc(C(=O)O)cc2)Cc2cc(C)cc(C(F)(F)F)c2)cc1. The number of thioether (sulfide) groups is 1. The van der Waals surface area contributed by atoms with Crippen LogP contribution in [0.1, 0.15) is 187 Å². The van der Waals surface area contributed by atoms with Crippen molar-refractivity contribution in [1.82, 2.24) is 29.9 Å². The number of halogens is 12. The summed E-state index contributed by atoms with van der Waals surface area (Å²) < 4.78 is 160. The number of aryl methyl sites for hydroxylation is 7. The fourth-order valence-electron chi connectivity index (χ4n) is 15.1. The van der Waals surface area contributed by atoms with E-state index in [2.05, 4.69) is 80.8 Å². The van der Waals surface area contributed by atoms with Gasteiger partial charge in [-0.1, -0.05) is 204 Å². The summed E-state index contributed by atoms with van der Waals surface area (Å²) in [7, 11) is 0. The molecule has 0 aliphatic rings. The van der Waals surface area contributed by atoms with E-state index in [0.29, 0.717) is 116 Å². The van der Waals surface area contributed by atoms with Crippen LogP contribution in [0.2, 0.25) is 0 Å². The Morgan fingerprint density at radius 3 is 1.26 bits per heavy atom. The minimum atomic E-state index is -4.39. The summed E-state index contributed by atoms with van der Waals surface area (Å²) in [5.41, 5.74) is 14.5. The van der Waals surface area contributed by atoms with E-state index >= 15 is 0 Å². The second-order valence-electron chi connectivity index (χ2n) is 33.7. The van der Waals surface area contributed by atoms with Gasteiger partial charge in [-0.15, -0.1) is 11.3 Å². The topological polar surface area (TPSA) is 187 Å². The molecule has 14 nitrogen and oxygen atoms in total. The molecule has 11 aromatic carbocycles. The first-order valence-electron chi connectivity index (χ1n) is 43.8. The average Bonchev–Trinajstić information content (AvgIpc) is 1.53. The lowest BCUT2D eigenvalue weighted by atomic mass is 10.00. The Morgan fingerprint density at radius 1 is 0.396 bits per heavy atom. The molecule has 0 aliphatic carbocycles. The van der Waals surface area contributed by atoms with Crippen LogP contribution in [-0.2, 0) is 112 Å². The van der Waals surface area contributed by atoms with Crippen molar-refractivity contribution in [1.29, 1.82) is 0 Å². The van der Waals surface area contributed by atoms with Gasteiger partial charge in [-0.2, -0.15) is 51.3 Å². The van der Waals surface area contributed by atoms with Crippen LogP contribution in [-0.4, -0.2) is 101 Å². The Balaban J connectivity index is 0.000000201. The van der Waals surface area contributed by atoms with E-state index in [9.17, 15) is 77.0 Å². The van der Waals surface area contributed by atoms with Gasteiger partial charge in [-0.25, -0.2) is 27.7 Å². The van der Waals surface area contributed by atoms with Crippen molar-refractivity contribution in [3.8, 4) is 0 Å².